The van der Waals surface area contributed by atoms with Crippen molar-refractivity contribution in [3.8, 4) is 0 Å². The predicted molar refractivity (Wildman–Crippen MR) is 127 cm³/mol. The number of rotatable bonds is 2. The third kappa shape index (κ3) is 2.63. The molecule has 0 amide bonds. The molecule has 186 valence electrons. The number of aliphatic hydroxyl groups is 3. The maximum atomic E-state index is 13.1. The molecule has 3 N–H and O–H groups in total. The summed E-state index contributed by atoms with van der Waals surface area (Å²) in [6.45, 7) is 9.01. The fourth-order valence-electron chi connectivity index (χ4n) is 8.41. The summed E-state index contributed by atoms with van der Waals surface area (Å²) in [4.78, 5) is 25.5. The van der Waals surface area contributed by atoms with Crippen molar-refractivity contribution in [2.45, 2.75) is 102 Å². The van der Waals surface area contributed by atoms with Crippen LogP contribution in [0.5, 0.6) is 0 Å². The first-order valence-corrected chi connectivity index (χ1v) is 12.7. The van der Waals surface area contributed by atoms with E-state index in [0.29, 0.717) is 37.7 Å². The SMILES string of the molecule is CC1=C(C)C(=O)O[C@@H]([C@](C)(O)[C@@]2(O)CC[C@]3(O)C4CC=C5CC=CC(=O)[C@]5(C)C4CC[C@]23C)C1. The average molecular weight is 471 g/mol. The van der Waals surface area contributed by atoms with Crippen LogP contribution in [0.15, 0.2) is 34.9 Å². The van der Waals surface area contributed by atoms with Gasteiger partial charge in [-0.05, 0) is 84.1 Å². The van der Waals surface area contributed by atoms with Gasteiger partial charge >= 0.3 is 5.97 Å². The lowest BCUT2D eigenvalue weighted by atomic mass is 9.44. The molecular formula is C28H38O6. The minimum absolute atomic E-state index is 0.0179. The highest BCUT2D eigenvalue weighted by molar-refractivity contribution is 5.98. The first-order valence-electron chi connectivity index (χ1n) is 12.7. The zero-order valence-corrected chi connectivity index (χ0v) is 21.0. The van der Waals surface area contributed by atoms with Crippen molar-refractivity contribution in [2.75, 3.05) is 0 Å². The van der Waals surface area contributed by atoms with E-state index < -0.39 is 39.7 Å². The van der Waals surface area contributed by atoms with Gasteiger partial charge in [-0.3, -0.25) is 4.79 Å². The number of hydrogen-bond donors (Lipinski definition) is 3. The second-order valence-corrected chi connectivity index (χ2v) is 12.2. The Morgan fingerprint density at radius 3 is 2.47 bits per heavy atom. The molecule has 0 aromatic rings. The number of ketones is 1. The quantitative estimate of drug-likeness (QED) is 0.421. The van der Waals surface area contributed by atoms with Gasteiger partial charge in [-0.15, -0.1) is 0 Å². The smallest absolute Gasteiger partial charge is 0.334 e. The van der Waals surface area contributed by atoms with E-state index in [1.807, 2.05) is 26.8 Å². The molecular weight excluding hydrogens is 432 g/mol. The molecule has 0 saturated heterocycles. The Kier molecular flexibility index (Phi) is 5.03. The van der Waals surface area contributed by atoms with Gasteiger partial charge in [0.15, 0.2) is 5.78 Å². The number of ether oxygens (including phenoxy) is 1. The normalized spacial score (nSPS) is 47.9. The van der Waals surface area contributed by atoms with Crippen LogP contribution in [-0.4, -0.2) is 50.0 Å². The van der Waals surface area contributed by atoms with Crippen LogP contribution in [0, 0.1) is 22.7 Å². The molecule has 0 aromatic heterocycles. The third-order valence-corrected chi connectivity index (χ3v) is 11.1. The van der Waals surface area contributed by atoms with Gasteiger partial charge in [0.1, 0.15) is 17.3 Å². The summed E-state index contributed by atoms with van der Waals surface area (Å²) in [5, 5.41) is 36.5. The van der Waals surface area contributed by atoms with Gasteiger partial charge in [0.25, 0.3) is 0 Å². The van der Waals surface area contributed by atoms with E-state index >= 15 is 0 Å². The summed E-state index contributed by atoms with van der Waals surface area (Å²) >= 11 is 0. The Hall–Kier alpha value is -1.76. The molecule has 0 radical (unpaired) electrons. The van der Waals surface area contributed by atoms with Crippen molar-refractivity contribution >= 4 is 11.8 Å². The number of fused-ring (bicyclic) bond motifs is 5. The van der Waals surface area contributed by atoms with Crippen molar-refractivity contribution in [1.82, 2.24) is 0 Å². The Morgan fingerprint density at radius 2 is 1.79 bits per heavy atom. The average Bonchev–Trinajstić information content (AvgIpc) is 3.00. The largest absolute Gasteiger partial charge is 0.455 e. The van der Waals surface area contributed by atoms with Crippen LogP contribution >= 0.6 is 0 Å². The van der Waals surface area contributed by atoms with Gasteiger partial charge < -0.3 is 20.1 Å². The van der Waals surface area contributed by atoms with Crippen LogP contribution in [0.2, 0.25) is 0 Å². The highest BCUT2D eigenvalue weighted by Crippen LogP contribution is 2.70. The van der Waals surface area contributed by atoms with E-state index in [1.54, 1.807) is 19.9 Å². The predicted octanol–water partition coefficient (Wildman–Crippen LogP) is 3.54. The maximum Gasteiger partial charge on any atom is 0.334 e. The van der Waals surface area contributed by atoms with Gasteiger partial charge in [0.2, 0.25) is 0 Å². The number of allylic oxidation sites excluding steroid dienone is 4. The number of carbonyl (C=O) groups excluding carboxylic acids is 2. The molecule has 34 heavy (non-hydrogen) atoms. The van der Waals surface area contributed by atoms with E-state index in [1.165, 1.54) is 0 Å². The first-order chi connectivity index (χ1) is 15.7. The van der Waals surface area contributed by atoms with Crippen molar-refractivity contribution in [1.29, 1.82) is 0 Å². The van der Waals surface area contributed by atoms with Gasteiger partial charge in [0, 0.05) is 17.4 Å². The summed E-state index contributed by atoms with van der Waals surface area (Å²) in [6.07, 6.45) is 8.28. The second-order valence-electron chi connectivity index (χ2n) is 12.2. The van der Waals surface area contributed by atoms with Crippen LogP contribution in [0.1, 0.15) is 79.6 Å². The molecule has 6 nitrogen and oxygen atoms in total. The van der Waals surface area contributed by atoms with Crippen LogP contribution < -0.4 is 0 Å². The number of hydrogen-bond acceptors (Lipinski definition) is 6. The molecule has 5 aliphatic rings. The summed E-state index contributed by atoms with van der Waals surface area (Å²) < 4.78 is 5.63. The molecule has 2 saturated carbocycles. The monoisotopic (exact) mass is 470 g/mol. The number of esters is 1. The number of carbonyl (C=O) groups is 2. The summed E-state index contributed by atoms with van der Waals surface area (Å²) in [6, 6.07) is 0. The maximum absolute atomic E-state index is 13.1. The second kappa shape index (κ2) is 7.14. The van der Waals surface area contributed by atoms with Crippen LogP contribution in [0.25, 0.3) is 0 Å². The fourth-order valence-corrected chi connectivity index (χ4v) is 8.41. The van der Waals surface area contributed by atoms with E-state index in [9.17, 15) is 24.9 Å². The molecule has 1 aliphatic heterocycles. The molecule has 2 fully saturated rings. The van der Waals surface area contributed by atoms with Crippen LogP contribution in [0.3, 0.4) is 0 Å². The van der Waals surface area contributed by atoms with Crippen molar-refractivity contribution in [2.24, 2.45) is 22.7 Å². The Morgan fingerprint density at radius 1 is 1.09 bits per heavy atom. The Balaban J connectivity index is 1.53. The molecule has 6 heteroatoms. The van der Waals surface area contributed by atoms with Crippen molar-refractivity contribution in [3.05, 3.63) is 34.9 Å². The van der Waals surface area contributed by atoms with E-state index in [-0.39, 0.29) is 24.0 Å². The summed E-state index contributed by atoms with van der Waals surface area (Å²) in [7, 11) is 0. The standard InChI is InChI=1S/C28H38O6/c1-16-15-22(34-23(30)17(16)2)26(5,31)28(33)14-13-27(32)20-10-9-18-7-6-8-21(29)25(18,4)19(20)11-12-24(27,28)3/h6,8-9,19-20,22,31-33H,7,10-15H2,1-5H3/t19?,20?,22-,24+,25+,26+,27+,28-/m1/s1. The Bertz CT molecular complexity index is 1050. The zero-order chi connectivity index (χ0) is 24.9. The fraction of sp³-hybridized carbons (Fsp3) is 0.714. The van der Waals surface area contributed by atoms with Crippen LogP contribution in [0.4, 0.5) is 0 Å². The zero-order valence-electron chi connectivity index (χ0n) is 21.0. The van der Waals surface area contributed by atoms with Gasteiger partial charge in [-0.2, -0.15) is 0 Å². The van der Waals surface area contributed by atoms with Gasteiger partial charge in [-0.1, -0.05) is 30.2 Å². The highest BCUT2D eigenvalue weighted by Gasteiger charge is 2.76. The van der Waals surface area contributed by atoms with Crippen molar-refractivity contribution in [3.63, 3.8) is 0 Å². The number of cyclic esters (lactones) is 1. The van der Waals surface area contributed by atoms with Crippen molar-refractivity contribution < 1.29 is 29.6 Å². The summed E-state index contributed by atoms with van der Waals surface area (Å²) in [5.41, 5.74) is -3.78. The minimum atomic E-state index is -1.75. The minimum Gasteiger partial charge on any atom is -0.455 e. The molecule has 0 aromatic carbocycles. The van der Waals surface area contributed by atoms with Gasteiger partial charge in [0.05, 0.1) is 11.0 Å². The molecule has 0 spiro atoms. The Labute approximate surface area is 201 Å². The lowest BCUT2D eigenvalue weighted by molar-refractivity contribution is -0.279. The van der Waals surface area contributed by atoms with E-state index in [2.05, 4.69) is 6.08 Å². The molecule has 8 atom stereocenters. The van der Waals surface area contributed by atoms with E-state index in [0.717, 1.165) is 17.6 Å². The summed E-state index contributed by atoms with van der Waals surface area (Å²) in [5.74, 6) is -0.589. The van der Waals surface area contributed by atoms with Crippen LogP contribution in [-0.2, 0) is 14.3 Å². The molecule has 1 heterocycles. The lowest BCUT2D eigenvalue weighted by Gasteiger charge is -2.63. The molecule has 5 rings (SSSR count). The lowest BCUT2D eigenvalue weighted by Crippen LogP contribution is -2.72. The topological polar surface area (TPSA) is 104 Å². The molecule has 2 unspecified atom stereocenters. The third-order valence-electron chi connectivity index (χ3n) is 11.1. The highest BCUT2D eigenvalue weighted by atomic mass is 16.6. The van der Waals surface area contributed by atoms with Gasteiger partial charge in [-0.25, -0.2) is 4.79 Å². The molecule has 0 bridgehead atoms. The van der Waals surface area contributed by atoms with E-state index in [4.69, 9.17) is 4.74 Å². The molecule has 4 aliphatic carbocycles. The first kappa shape index (κ1) is 24.0.